The van der Waals surface area contributed by atoms with Crippen molar-refractivity contribution in [3.8, 4) is 0 Å². The lowest BCUT2D eigenvalue weighted by atomic mass is 9.85. The zero-order valence-electron chi connectivity index (χ0n) is 15.5. The average molecular weight is 333 g/mol. The van der Waals surface area contributed by atoms with Gasteiger partial charge in [-0.25, -0.2) is 4.79 Å². The Kier molecular flexibility index (Phi) is 5.88. The van der Waals surface area contributed by atoms with Gasteiger partial charge >= 0.3 is 6.03 Å². The Morgan fingerprint density at radius 1 is 1.42 bits per heavy atom. The number of nitrogens with one attached hydrogen (secondary N) is 1. The molecule has 0 aromatic heterocycles. The second-order valence-corrected chi connectivity index (χ2v) is 7.74. The summed E-state index contributed by atoms with van der Waals surface area (Å²) in [5.41, 5.74) is 2.24. The van der Waals surface area contributed by atoms with Crippen LogP contribution in [0.3, 0.4) is 0 Å². The molecule has 1 aromatic rings. The van der Waals surface area contributed by atoms with Gasteiger partial charge in [-0.1, -0.05) is 38.1 Å². The summed E-state index contributed by atoms with van der Waals surface area (Å²) < 4.78 is 0. The number of aliphatic hydroxyl groups is 1. The Morgan fingerprint density at radius 2 is 2.08 bits per heavy atom. The highest BCUT2D eigenvalue weighted by atomic mass is 16.3. The molecule has 0 spiro atoms. The summed E-state index contributed by atoms with van der Waals surface area (Å²) in [5, 5.41) is 13.0. The Bertz CT molecular complexity index is 571. The highest BCUT2D eigenvalue weighted by Crippen LogP contribution is 2.30. The predicted octanol–water partition coefficient (Wildman–Crippen LogP) is 2.26. The van der Waals surface area contributed by atoms with E-state index in [4.69, 9.17) is 0 Å². The lowest BCUT2D eigenvalue weighted by molar-refractivity contribution is 0.115. The van der Waals surface area contributed by atoms with Gasteiger partial charge in [-0.2, -0.15) is 0 Å². The van der Waals surface area contributed by atoms with Gasteiger partial charge < -0.3 is 20.2 Å². The number of benzene rings is 1. The van der Waals surface area contributed by atoms with Crippen molar-refractivity contribution in [2.24, 2.45) is 5.41 Å². The molecule has 0 bridgehead atoms. The maximum atomic E-state index is 12.8. The molecule has 0 saturated carbocycles. The minimum atomic E-state index is -0.265. The topological polar surface area (TPSA) is 55.8 Å². The number of fused-ring (bicyclic) bond motifs is 1. The lowest BCUT2D eigenvalue weighted by Crippen LogP contribution is -2.53. The Hall–Kier alpha value is -1.59. The minimum absolute atomic E-state index is 0.0314. The quantitative estimate of drug-likeness (QED) is 0.869. The molecule has 1 aromatic carbocycles. The number of hydrogen-bond acceptors (Lipinski definition) is 3. The third-order valence-corrected chi connectivity index (χ3v) is 5.08. The number of aliphatic hydroxyl groups excluding tert-OH is 1. The van der Waals surface area contributed by atoms with E-state index >= 15 is 0 Å². The smallest absolute Gasteiger partial charge is 0.318 e. The lowest BCUT2D eigenvalue weighted by Gasteiger charge is -2.40. The maximum Gasteiger partial charge on any atom is 0.318 e. The maximum absolute atomic E-state index is 12.8. The van der Waals surface area contributed by atoms with Crippen LogP contribution >= 0.6 is 0 Å². The van der Waals surface area contributed by atoms with Gasteiger partial charge in [0.15, 0.2) is 0 Å². The molecule has 0 radical (unpaired) electrons. The Labute approximate surface area is 145 Å². The summed E-state index contributed by atoms with van der Waals surface area (Å²) in [6.45, 7) is 7.84. The largest absolute Gasteiger partial charge is 0.394 e. The number of carbonyl (C=O) groups excluding carboxylic acids is 1. The van der Waals surface area contributed by atoms with Crippen molar-refractivity contribution in [2.45, 2.75) is 39.3 Å². The van der Waals surface area contributed by atoms with Crippen molar-refractivity contribution in [1.29, 1.82) is 0 Å². The van der Waals surface area contributed by atoms with Crippen molar-refractivity contribution in [3.05, 3.63) is 35.4 Å². The molecule has 2 N–H and O–H groups in total. The van der Waals surface area contributed by atoms with E-state index in [-0.39, 0.29) is 30.1 Å². The first-order valence-corrected chi connectivity index (χ1v) is 8.67. The van der Waals surface area contributed by atoms with Gasteiger partial charge in [-0.05, 0) is 44.0 Å². The fraction of sp³-hybridized carbons (Fsp3) is 0.632. The molecule has 2 unspecified atom stereocenters. The summed E-state index contributed by atoms with van der Waals surface area (Å²) in [6, 6.07) is 7.73. The van der Waals surface area contributed by atoms with Crippen LogP contribution in [0.2, 0.25) is 0 Å². The van der Waals surface area contributed by atoms with Gasteiger partial charge in [-0.15, -0.1) is 0 Å². The molecular formula is C19H31N3O2. The van der Waals surface area contributed by atoms with Crippen LogP contribution in [0.4, 0.5) is 4.79 Å². The third-order valence-electron chi connectivity index (χ3n) is 5.08. The molecular weight excluding hydrogens is 302 g/mol. The van der Waals surface area contributed by atoms with Crippen LogP contribution in [0, 0.1) is 5.41 Å². The van der Waals surface area contributed by atoms with E-state index in [1.165, 1.54) is 5.56 Å². The molecule has 1 aliphatic rings. The van der Waals surface area contributed by atoms with Gasteiger partial charge in [0.1, 0.15) is 0 Å². The van der Waals surface area contributed by atoms with Crippen LogP contribution in [0.1, 0.15) is 37.9 Å². The third kappa shape index (κ3) is 4.08. The number of rotatable bonds is 5. The van der Waals surface area contributed by atoms with E-state index < -0.39 is 0 Å². The molecule has 5 nitrogen and oxygen atoms in total. The summed E-state index contributed by atoms with van der Waals surface area (Å²) in [5.74, 6) is 0. The molecule has 134 valence electrons. The fourth-order valence-electron chi connectivity index (χ4n) is 3.51. The van der Waals surface area contributed by atoms with E-state index in [0.29, 0.717) is 6.54 Å². The Balaban J connectivity index is 2.10. The number of amides is 2. The molecule has 2 rings (SSSR count). The first-order chi connectivity index (χ1) is 11.3. The predicted molar refractivity (Wildman–Crippen MR) is 97.0 cm³/mol. The number of urea groups is 1. The van der Waals surface area contributed by atoms with Gasteiger partial charge in [0.05, 0.1) is 12.6 Å². The first kappa shape index (κ1) is 18.7. The van der Waals surface area contributed by atoms with E-state index in [1.54, 1.807) is 4.90 Å². The van der Waals surface area contributed by atoms with Crippen molar-refractivity contribution in [2.75, 3.05) is 33.8 Å². The number of nitrogens with zero attached hydrogens (tertiary/aromatic N) is 2. The summed E-state index contributed by atoms with van der Waals surface area (Å²) in [6.07, 6.45) is 0.829. The normalized spacial score (nSPS) is 19.1. The molecule has 0 saturated heterocycles. The van der Waals surface area contributed by atoms with E-state index in [2.05, 4.69) is 30.1 Å². The minimum Gasteiger partial charge on any atom is -0.394 e. The molecule has 0 fully saturated rings. The molecule has 1 aliphatic heterocycles. The van der Waals surface area contributed by atoms with Crippen molar-refractivity contribution < 1.29 is 9.90 Å². The molecule has 2 atom stereocenters. The van der Waals surface area contributed by atoms with Gasteiger partial charge in [0, 0.05) is 19.1 Å². The van der Waals surface area contributed by atoms with Gasteiger partial charge in [0.2, 0.25) is 0 Å². The molecule has 2 amide bonds. The highest BCUT2D eigenvalue weighted by molar-refractivity contribution is 5.75. The van der Waals surface area contributed by atoms with E-state index in [1.807, 2.05) is 39.2 Å². The van der Waals surface area contributed by atoms with Crippen LogP contribution in [0.25, 0.3) is 0 Å². The van der Waals surface area contributed by atoms with Crippen LogP contribution in [-0.4, -0.2) is 60.8 Å². The fourth-order valence-corrected chi connectivity index (χ4v) is 3.51. The molecule has 1 heterocycles. The second-order valence-electron chi connectivity index (χ2n) is 7.74. The van der Waals surface area contributed by atoms with Crippen molar-refractivity contribution in [3.63, 3.8) is 0 Å². The van der Waals surface area contributed by atoms with Gasteiger partial charge in [-0.3, -0.25) is 0 Å². The molecule has 0 aliphatic carbocycles. The monoisotopic (exact) mass is 333 g/mol. The highest BCUT2D eigenvalue weighted by Gasteiger charge is 2.33. The standard InChI is InChI=1S/C19H31N3O2/c1-14(19(2,3)13-21(4)5)20-18(24)22-11-10-15-8-6-7-9-16(15)17(22)12-23/h6-9,14,17,23H,10-13H2,1-5H3,(H,20,24). The second kappa shape index (κ2) is 7.53. The first-order valence-electron chi connectivity index (χ1n) is 8.67. The van der Waals surface area contributed by atoms with E-state index in [0.717, 1.165) is 18.5 Å². The summed E-state index contributed by atoms with van der Waals surface area (Å²) >= 11 is 0. The molecule has 24 heavy (non-hydrogen) atoms. The van der Waals surface area contributed by atoms with Crippen LogP contribution in [0.5, 0.6) is 0 Å². The van der Waals surface area contributed by atoms with Crippen LogP contribution in [0.15, 0.2) is 24.3 Å². The number of hydrogen-bond donors (Lipinski definition) is 2. The van der Waals surface area contributed by atoms with Gasteiger partial charge in [0.25, 0.3) is 0 Å². The van der Waals surface area contributed by atoms with Crippen LogP contribution in [-0.2, 0) is 6.42 Å². The van der Waals surface area contributed by atoms with E-state index in [9.17, 15) is 9.90 Å². The zero-order valence-corrected chi connectivity index (χ0v) is 15.5. The summed E-state index contributed by atoms with van der Waals surface area (Å²) in [7, 11) is 4.08. The number of carbonyl (C=O) groups is 1. The summed E-state index contributed by atoms with van der Waals surface area (Å²) in [4.78, 5) is 16.7. The van der Waals surface area contributed by atoms with Crippen molar-refractivity contribution >= 4 is 6.03 Å². The van der Waals surface area contributed by atoms with Crippen LogP contribution < -0.4 is 5.32 Å². The zero-order chi connectivity index (χ0) is 17.9. The van der Waals surface area contributed by atoms with Crippen molar-refractivity contribution in [1.82, 2.24) is 15.1 Å². The SMILES string of the molecule is CC(NC(=O)N1CCc2ccccc2C1CO)C(C)(C)CN(C)C. The Morgan fingerprint density at radius 3 is 2.71 bits per heavy atom. The average Bonchev–Trinajstić information content (AvgIpc) is 2.52. The molecule has 5 heteroatoms.